The molecule has 4 aromatic rings. The summed E-state index contributed by atoms with van der Waals surface area (Å²) in [7, 11) is 3.08. The maximum absolute atomic E-state index is 12.6. The second-order valence-corrected chi connectivity index (χ2v) is 10.3. The highest BCUT2D eigenvalue weighted by molar-refractivity contribution is 5.94. The molecule has 0 saturated heterocycles. The van der Waals surface area contributed by atoms with E-state index >= 15 is 0 Å². The molecule has 45 heavy (non-hydrogen) atoms. The highest BCUT2D eigenvalue weighted by Gasteiger charge is 2.22. The van der Waals surface area contributed by atoms with Crippen LogP contribution in [-0.4, -0.2) is 52.9 Å². The number of methoxy groups -OCH3 is 2. The molecule has 11 nitrogen and oxygen atoms in total. The molecule has 11 heteroatoms. The Morgan fingerprint density at radius 3 is 2.47 bits per heavy atom. The zero-order valence-corrected chi connectivity index (χ0v) is 25.2. The van der Waals surface area contributed by atoms with Gasteiger partial charge in [0.1, 0.15) is 29.4 Å². The van der Waals surface area contributed by atoms with E-state index in [4.69, 9.17) is 23.7 Å². The lowest BCUT2D eigenvalue weighted by molar-refractivity contribution is -0.132. The quantitative estimate of drug-likeness (QED) is 0.161. The van der Waals surface area contributed by atoms with Crippen LogP contribution in [0.15, 0.2) is 66.4 Å². The summed E-state index contributed by atoms with van der Waals surface area (Å²) in [6.45, 7) is 2.79. The Balaban J connectivity index is 1.58. The van der Waals surface area contributed by atoms with Gasteiger partial charge in [0, 0.05) is 46.9 Å². The van der Waals surface area contributed by atoms with Crippen molar-refractivity contribution >= 4 is 18.0 Å². The summed E-state index contributed by atoms with van der Waals surface area (Å²) < 4.78 is 29.9. The first-order valence-corrected chi connectivity index (χ1v) is 14.4. The number of aromatic nitrogens is 2. The third kappa shape index (κ3) is 6.87. The Morgan fingerprint density at radius 2 is 1.76 bits per heavy atom. The Morgan fingerprint density at radius 1 is 0.978 bits per heavy atom. The molecule has 0 bridgehead atoms. The van der Waals surface area contributed by atoms with Gasteiger partial charge in [-0.25, -0.2) is 9.59 Å². The van der Waals surface area contributed by atoms with Gasteiger partial charge in [0.15, 0.2) is 11.5 Å². The average molecular weight is 615 g/mol. The van der Waals surface area contributed by atoms with Crippen LogP contribution in [0, 0.1) is 0 Å². The lowest BCUT2D eigenvalue weighted by Gasteiger charge is -2.16. The normalized spacial score (nSPS) is 12.2. The molecule has 0 unspecified atom stereocenters. The highest BCUT2D eigenvalue weighted by atomic mass is 16.7. The SMILES string of the molecule is CCCCn1ncc(/C=C(\Cc2cc3c(cc2OC)OCO3)C(=O)O)c1-c1ccc(OC)cc1COc1ccccc1C(=O)O. The predicted octanol–water partition coefficient (Wildman–Crippen LogP) is 6.08. The van der Waals surface area contributed by atoms with Gasteiger partial charge in [-0.15, -0.1) is 0 Å². The van der Waals surface area contributed by atoms with E-state index in [1.165, 1.54) is 13.2 Å². The molecule has 1 aliphatic heterocycles. The van der Waals surface area contributed by atoms with Crippen LogP contribution in [0.3, 0.4) is 0 Å². The van der Waals surface area contributed by atoms with Gasteiger partial charge in [-0.1, -0.05) is 25.5 Å². The number of nitrogens with zero attached hydrogens (tertiary/aromatic N) is 2. The van der Waals surface area contributed by atoms with Gasteiger partial charge in [0.25, 0.3) is 0 Å². The average Bonchev–Trinajstić information content (AvgIpc) is 3.68. The minimum absolute atomic E-state index is 0.0269. The molecule has 0 amide bonds. The van der Waals surface area contributed by atoms with Crippen molar-refractivity contribution in [1.29, 1.82) is 0 Å². The van der Waals surface area contributed by atoms with Crippen molar-refractivity contribution in [2.24, 2.45) is 0 Å². The van der Waals surface area contributed by atoms with Gasteiger partial charge >= 0.3 is 11.9 Å². The number of ether oxygens (including phenoxy) is 5. The van der Waals surface area contributed by atoms with Crippen LogP contribution in [0.1, 0.15) is 46.8 Å². The third-order valence-electron chi connectivity index (χ3n) is 7.42. The second-order valence-electron chi connectivity index (χ2n) is 10.3. The van der Waals surface area contributed by atoms with Gasteiger partial charge in [-0.2, -0.15) is 5.10 Å². The van der Waals surface area contributed by atoms with E-state index in [0.717, 1.165) is 18.4 Å². The van der Waals surface area contributed by atoms with Crippen molar-refractivity contribution in [2.45, 2.75) is 39.3 Å². The van der Waals surface area contributed by atoms with Crippen LogP contribution in [0.5, 0.6) is 28.7 Å². The van der Waals surface area contributed by atoms with E-state index < -0.39 is 11.9 Å². The predicted molar refractivity (Wildman–Crippen MR) is 165 cm³/mol. The fraction of sp³-hybridized carbons (Fsp3) is 0.265. The van der Waals surface area contributed by atoms with Gasteiger partial charge in [-0.05, 0) is 48.9 Å². The molecule has 1 aliphatic rings. The second kappa shape index (κ2) is 13.9. The number of unbranched alkanes of at least 4 members (excludes halogenated alkanes) is 1. The number of rotatable bonds is 14. The topological polar surface area (TPSA) is 139 Å². The molecule has 2 heterocycles. The minimum atomic E-state index is -1.10. The summed E-state index contributed by atoms with van der Waals surface area (Å²) in [5.41, 5.74) is 3.54. The number of benzene rings is 3. The Labute approximate surface area is 260 Å². The standard InChI is InChI=1S/C34H34N2O9/c1-4-5-12-36-32(26-11-10-25(41-2)15-24(26)19-43-28-9-7-6-8-27(28)34(39)40)23(18-35-36)14-22(33(37)38)13-21-16-30-31(45-20-44-30)17-29(21)42-3/h6-11,14-18H,4-5,12-13,19-20H2,1-3H3,(H,37,38)(H,39,40)/b22-14+. The fourth-order valence-electron chi connectivity index (χ4n) is 5.12. The Kier molecular flexibility index (Phi) is 9.57. The number of aromatic carboxylic acids is 1. The first kappa shape index (κ1) is 31.0. The molecule has 0 radical (unpaired) electrons. The largest absolute Gasteiger partial charge is 0.497 e. The molecule has 0 fully saturated rings. The Bertz CT molecular complexity index is 1740. The van der Waals surface area contributed by atoms with Gasteiger partial charge in [0.2, 0.25) is 6.79 Å². The molecule has 0 saturated carbocycles. The van der Waals surface area contributed by atoms with Gasteiger partial charge in [-0.3, -0.25) is 4.68 Å². The van der Waals surface area contributed by atoms with Crippen molar-refractivity contribution < 1.29 is 43.5 Å². The number of fused-ring (bicyclic) bond motifs is 1. The zero-order chi connectivity index (χ0) is 31.9. The summed E-state index contributed by atoms with van der Waals surface area (Å²) in [4.78, 5) is 24.4. The lowest BCUT2D eigenvalue weighted by atomic mass is 9.97. The van der Waals surface area contributed by atoms with E-state index in [1.807, 2.05) is 22.9 Å². The van der Waals surface area contributed by atoms with Crippen LogP contribution in [0.25, 0.3) is 17.3 Å². The van der Waals surface area contributed by atoms with Crippen molar-refractivity contribution in [1.82, 2.24) is 9.78 Å². The van der Waals surface area contributed by atoms with Crippen LogP contribution >= 0.6 is 0 Å². The molecule has 3 aromatic carbocycles. The van der Waals surface area contributed by atoms with E-state index in [0.29, 0.717) is 51.9 Å². The molecule has 5 rings (SSSR count). The van der Waals surface area contributed by atoms with Crippen molar-refractivity contribution in [3.63, 3.8) is 0 Å². The summed E-state index contributed by atoms with van der Waals surface area (Å²) in [6, 6.07) is 15.4. The monoisotopic (exact) mass is 614 g/mol. The maximum atomic E-state index is 12.6. The number of hydrogen-bond acceptors (Lipinski definition) is 8. The maximum Gasteiger partial charge on any atom is 0.339 e. The molecule has 0 aliphatic carbocycles. The number of aryl methyl sites for hydroxylation is 1. The summed E-state index contributed by atoms with van der Waals surface area (Å²) >= 11 is 0. The van der Waals surface area contributed by atoms with Crippen LogP contribution < -0.4 is 23.7 Å². The lowest BCUT2D eigenvalue weighted by Crippen LogP contribution is -2.08. The summed E-state index contributed by atoms with van der Waals surface area (Å²) in [5, 5.41) is 24.6. The third-order valence-corrected chi connectivity index (χ3v) is 7.42. The highest BCUT2D eigenvalue weighted by Crippen LogP contribution is 2.39. The zero-order valence-electron chi connectivity index (χ0n) is 25.2. The van der Waals surface area contributed by atoms with Crippen LogP contribution in [0.2, 0.25) is 0 Å². The van der Waals surface area contributed by atoms with Crippen molar-refractivity contribution in [3.05, 3.63) is 88.6 Å². The first-order chi connectivity index (χ1) is 21.8. The van der Waals surface area contributed by atoms with Gasteiger partial charge in [0.05, 0.1) is 26.1 Å². The van der Waals surface area contributed by atoms with Crippen LogP contribution in [0.4, 0.5) is 0 Å². The van der Waals surface area contributed by atoms with Crippen molar-refractivity contribution in [2.75, 3.05) is 21.0 Å². The summed E-state index contributed by atoms with van der Waals surface area (Å²) in [5.74, 6) is 0.173. The molecule has 1 aromatic heterocycles. The van der Waals surface area contributed by atoms with E-state index in [-0.39, 0.29) is 36.7 Å². The first-order valence-electron chi connectivity index (χ1n) is 14.4. The van der Waals surface area contributed by atoms with E-state index in [1.54, 1.807) is 49.7 Å². The van der Waals surface area contributed by atoms with E-state index in [9.17, 15) is 19.8 Å². The number of carboxylic acid groups (broad SMARTS) is 2. The number of carboxylic acids is 2. The Hall–Kier alpha value is -5.45. The van der Waals surface area contributed by atoms with E-state index in [2.05, 4.69) is 12.0 Å². The van der Waals surface area contributed by atoms with Crippen LogP contribution in [-0.2, 0) is 24.4 Å². The molecule has 0 spiro atoms. The number of aliphatic carboxylic acids is 1. The molecule has 2 N–H and O–H groups in total. The number of para-hydroxylation sites is 1. The van der Waals surface area contributed by atoms with Crippen molar-refractivity contribution in [3.8, 4) is 40.0 Å². The van der Waals surface area contributed by atoms with Gasteiger partial charge < -0.3 is 33.9 Å². The molecule has 0 atom stereocenters. The minimum Gasteiger partial charge on any atom is -0.497 e. The molecule has 234 valence electrons. The molecular weight excluding hydrogens is 580 g/mol. The smallest absolute Gasteiger partial charge is 0.339 e. The number of carbonyl (C=O) groups is 2. The summed E-state index contributed by atoms with van der Waals surface area (Å²) in [6.07, 6.45) is 5.11. The molecular formula is C34H34N2O9. The fourth-order valence-corrected chi connectivity index (χ4v) is 5.12. The number of hydrogen-bond donors (Lipinski definition) is 2.